The van der Waals surface area contributed by atoms with Gasteiger partial charge in [0.15, 0.2) is 0 Å². The van der Waals surface area contributed by atoms with Crippen LogP contribution in [0.1, 0.15) is 12.8 Å². The van der Waals surface area contributed by atoms with Gasteiger partial charge in [-0.15, -0.1) is 0 Å². The second-order valence-electron chi connectivity index (χ2n) is 3.72. The van der Waals surface area contributed by atoms with Crippen molar-refractivity contribution in [2.75, 3.05) is 20.6 Å². The second-order valence-corrected chi connectivity index (χ2v) is 3.72. The van der Waals surface area contributed by atoms with Crippen molar-refractivity contribution in [1.29, 1.82) is 0 Å². The first-order valence-corrected chi connectivity index (χ1v) is 4.98. The zero-order chi connectivity index (χ0) is 10.4. The number of allylic oxidation sites excluding steroid dienone is 4. The summed E-state index contributed by atoms with van der Waals surface area (Å²) in [6.45, 7) is 0.750. The fourth-order valence-corrected chi connectivity index (χ4v) is 1.37. The summed E-state index contributed by atoms with van der Waals surface area (Å²) in [5.41, 5.74) is 0. The van der Waals surface area contributed by atoms with E-state index in [1.807, 2.05) is 0 Å². The SMILES string of the molecule is CN(C)C(=O)NCCC1C=CC=CC1. The molecule has 0 aromatic carbocycles. The highest BCUT2D eigenvalue weighted by molar-refractivity contribution is 5.73. The molecule has 0 saturated heterocycles. The number of urea groups is 1. The van der Waals surface area contributed by atoms with Crippen molar-refractivity contribution >= 4 is 6.03 Å². The minimum absolute atomic E-state index is 0.0136. The van der Waals surface area contributed by atoms with E-state index in [2.05, 4.69) is 29.6 Å². The smallest absolute Gasteiger partial charge is 0.316 e. The van der Waals surface area contributed by atoms with Gasteiger partial charge in [-0.2, -0.15) is 0 Å². The zero-order valence-corrected chi connectivity index (χ0v) is 8.86. The molecule has 1 atom stereocenters. The van der Waals surface area contributed by atoms with Crippen LogP contribution in [0, 0.1) is 5.92 Å². The Morgan fingerprint density at radius 1 is 1.50 bits per heavy atom. The average molecular weight is 194 g/mol. The van der Waals surface area contributed by atoms with Gasteiger partial charge in [-0.25, -0.2) is 4.79 Å². The van der Waals surface area contributed by atoms with Gasteiger partial charge >= 0.3 is 6.03 Å². The minimum Gasteiger partial charge on any atom is -0.338 e. The topological polar surface area (TPSA) is 32.3 Å². The predicted octanol–water partition coefficient (Wildman–Crippen LogP) is 1.78. The molecular weight excluding hydrogens is 176 g/mol. The molecule has 1 rings (SSSR count). The van der Waals surface area contributed by atoms with E-state index < -0.39 is 0 Å². The Morgan fingerprint density at radius 2 is 2.29 bits per heavy atom. The normalized spacial score (nSPS) is 19.4. The van der Waals surface area contributed by atoms with E-state index in [0.29, 0.717) is 5.92 Å². The summed E-state index contributed by atoms with van der Waals surface area (Å²) < 4.78 is 0. The van der Waals surface area contributed by atoms with Crippen molar-refractivity contribution < 1.29 is 4.79 Å². The third-order valence-corrected chi connectivity index (χ3v) is 2.27. The number of carbonyl (C=O) groups excluding carboxylic acids is 1. The van der Waals surface area contributed by atoms with Gasteiger partial charge in [-0.3, -0.25) is 0 Å². The van der Waals surface area contributed by atoms with Gasteiger partial charge in [0.25, 0.3) is 0 Å². The fraction of sp³-hybridized carbons (Fsp3) is 0.545. The molecule has 2 amide bonds. The maximum absolute atomic E-state index is 11.2. The van der Waals surface area contributed by atoms with Crippen molar-refractivity contribution in [3.8, 4) is 0 Å². The average Bonchev–Trinajstić information content (AvgIpc) is 2.19. The van der Waals surface area contributed by atoms with E-state index in [4.69, 9.17) is 0 Å². The van der Waals surface area contributed by atoms with Crippen molar-refractivity contribution in [2.45, 2.75) is 12.8 Å². The highest BCUT2D eigenvalue weighted by Crippen LogP contribution is 2.14. The van der Waals surface area contributed by atoms with E-state index in [1.54, 1.807) is 19.0 Å². The molecule has 0 aromatic heterocycles. The molecule has 0 radical (unpaired) electrons. The summed E-state index contributed by atoms with van der Waals surface area (Å²) in [5.74, 6) is 0.586. The molecule has 0 aliphatic heterocycles. The standard InChI is InChI=1S/C11H18N2O/c1-13(2)11(14)12-9-8-10-6-4-3-5-7-10/h3-6,10H,7-9H2,1-2H3,(H,12,14). The number of amides is 2. The Balaban J connectivity index is 2.12. The molecule has 0 aromatic rings. The predicted molar refractivity (Wildman–Crippen MR) is 58.1 cm³/mol. The first-order valence-electron chi connectivity index (χ1n) is 4.98. The van der Waals surface area contributed by atoms with Crippen LogP contribution in [0.3, 0.4) is 0 Å². The minimum atomic E-state index is -0.0136. The Labute approximate surface area is 85.5 Å². The van der Waals surface area contributed by atoms with Gasteiger partial charge in [0.05, 0.1) is 0 Å². The molecule has 1 aliphatic carbocycles. The Kier molecular flexibility index (Phi) is 4.23. The zero-order valence-electron chi connectivity index (χ0n) is 8.86. The molecule has 1 aliphatic rings. The van der Waals surface area contributed by atoms with E-state index in [1.165, 1.54) is 0 Å². The largest absolute Gasteiger partial charge is 0.338 e. The lowest BCUT2D eigenvalue weighted by molar-refractivity contribution is 0.217. The van der Waals surface area contributed by atoms with E-state index in [9.17, 15) is 4.79 Å². The van der Waals surface area contributed by atoms with Crippen LogP contribution in [0.15, 0.2) is 24.3 Å². The summed E-state index contributed by atoms with van der Waals surface area (Å²) in [6, 6.07) is -0.0136. The molecular formula is C11H18N2O. The molecule has 0 bridgehead atoms. The molecule has 3 nitrogen and oxygen atoms in total. The van der Waals surface area contributed by atoms with Crippen LogP contribution in [0.25, 0.3) is 0 Å². The van der Waals surface area contributed by atoms with Gasteiger partial charge < -0.3 is 10.2 Å². The van der Waals surface area contributed by atoms with Gasteiger partial charge in [0, 0.05) is 20.6 Å². The molecule has 1 N–H and O–H groups in total. The van der Waals surface area contributed by atoms with E-state index in [-0.39, 0.29) is 6.03 Å². The second kappa shape index (κ2) is 5.47. The summed E-state index contributed by atoms with van der Waals surface area (Å²) in [4.78, 5) is 12.7. The monoisotopic (exact) mass is 194 g/mol. The quantitative estimate of drug-likeness (QED) is 0.729. The van der Waals surface area contributed by atoms with Gasteiger partial charge in [0.1, 0.15) is 0 Å². The van der Waals surface area contributed by atoms with Crippen LogP contribution in [-0.4, -0.2) is 31.6 Å². The summed E-state index contributed by atoms with van der Waals surface area (Å²) in [6.07, 6.45) is 10.6. The van der Waals surface area contributed by atoms with Gasteiger partial charge in [-0.1, -0.05) is 24.3 Å². The van der Waals surface area contributed by atoms with Crippen LogP contribution >= 0.6 is 0 Å². The highest BCUT2D eigenvalue weighted by Gasteiger charge is 2.06. The van der Waals surface area contributed by atoms with Gasteiger partial charge in [0.2, 0.25) is 0 Å². The number of carbonyl (C=O) groups is 1. The Hall–Kier alpha value is -1.25. The van der Waals surface area contributed by atoms with Crippen molar-refractivity contribution in [1.82, 2.24) is 10.2 Å². The van der Waals surface area contributed by atoms with Crippen LogP contribution in [0.5, 0.6) is 0 Å². The first kappa shape index (κ1) is 10.8. The first-order chi connectivity index (χ1) is 6.70. The van der Waals surface area contributed by atoms with Crippen molar-refractivity contribution in [3.63, 3.8) is 0 Å². The molecule has 0 heterocycles. The lowest BCUT2D eigenvalue weighted by Crippen LogP contribution is -2.35. The highest BCUT2D eigenvalue weighted by atomic mass is 16.2. The number of hydrogen-bond donors (Lipinski definition) is 1. The van der Waals surface area contributed by atoms with Gasteiger partial charge in [-0.05, 0) is 18.8 Å². The third-order valence-electron chi connectivity index (χ3n) is 2.27. The molecule has 0 spiro atoms. The van der Waals surface area contributed by atoms with Crippen LogP contribution in [0.2, 0.25) is 0 Å². The van der Waals surface area contributed by atoms with Crippen LogP contribution in [0.4, 0.5) is 4.79 Å². The molecule has 14 heavy (non-hydrogen) atoms. The van der Waals surface area contributed by atoms with Crippen LogP contribution < -0.4 is 5.32 Å². The third kappa shape index (κ3) is 3.64. The number of nitrogens with zero attached hydrogens (tertiary/aromatic N) is 1. The molecule has 0 saturated carbocycles. The molecule has 1 unspecified atom stereocenters. The lowest BCUT2D eigenvalue weighted by Gasteiger charge is -2.15. The number of rotatable bonds is 3. The Morgan fingerprint density at radius 3 is 2.86 bits per heavy atom. The Bertz CT molecular complexity index is 244. The number of nitrogens with one attached hydrogen (secondary N) is 1. The molecule has 78 valence electrons. The molecule has 0 fully saturated rings. The maximum Gasteiger partial charge on any atom is 0.316 e. The summed E-state index contributed by atoms with van der Waals surface area (Å²) in [5, 5.41) is 2.86. The number of hydrogen-bond acceptors (Lipinski definition) is 1. The maximum atomic E-state index is 11.2. The van der Waals surface area contributed by atoms with E-state index in [0.717, 1.165) is 19.4 Å². The van der Waals surface area contributed by atoms with E-state index >= 15 is 0 Å². The molecule has 3 heteroatoms. The fourth-order valence-electron chi connectivity index (χ4n) is 1.37. The van der Waals surface area contributed by atoms with Crippen molar-refractivity contribution in [3.05, 3.63) is 24.3 Å². The van der Waals surface area contributed by atoms with Crippen molar-refractivity contribution in [2.24, 2.45) is 5.92 Å². The summed E-state index contributed by atoms with van der Waals surface area (Å²) in [7, 11) is 3.50. The van der Waals surface area contributed by atoms with Crippen LogP contribution in [-0.2, 0) is 0 Å². The summed E-state index contributed by atoms with van der Waals surface area (Å²) >= 11 is 0. The lowest BCUT2D eigenvalue weighted by atomic mass is 9.97.